The number of hydrogen-bond acceptors (Lipinski definition) is 3. The third kappa shape index (κ3) is 7.36. The molecule has 0 unspecified atom stereocenters. The molecule has 1 aromatic rings. The van der Waals surface area contributed by atoms with E-state index in [2.05, 4.69) is 25.3 Å². The molecular formula is C11H16F3IN4O. The monoisotopic (exact) mass is 404 g/mol. The van der Waals surface area contributed by atoms with Gasteiger partial charge in [-0.3, -0.25) is 4.99 Å². The summed E-state index contributed by atoms with van der Waals surface area (Å²) in [5.74, 6) is 0.519. The predicted molar refractivity (Wildman–Crippen MR) is 80.5 cm³/mol. The van der Waals surface area contributed by atoms with Crippen molar-refractivity contribution in [1.82, 2.24) is 15.6 Å². The Hall–Kier alpha value is -1.26. The van der Waals surface area contributed by atoms with Crippen LogP contribution < -0.4 is 15.4 Å². The lowest BCUT2D eigenvalue weighted by atomic mass is 10.2. The number of aromatic nitrogens is 1. The van der Waals surface area contributed by atoms with Crippen LogP contribution in [0.2, 0.25) is 0 Å². The molecule has 0 aromatic carbocycles. The molecule has 0 aliphatic rings. The number of nitrogens with one attached hydrogen (secondary N) is 2. The van der Waals surface area contributed by atoms with Gasteiger partial charge in [0.1, 0.15) is 0 Å². The van der Waals surface area contributed by atoms with Gasteiger partial charge >= 0.3 is 6.18 Å². The molecule has 114 valence electrons. The first kappa shape index (κ1) is 18.7. The van der Waals surface area contributed by atoms with E-state index in [9.17, 15) is 13.2 Å². The fraction of sp³-hybridized carbons (Fsp3) is 0.455. The third-order valence-corrected chi connectivity index (χ3v) is 2.10. The van der Waals surface area contributed by atoms with Crippen molar-refractivity contribution < 1.29 is 17.9 Å². The lowest BCUT2D eigenvalue weighted by Crippen LogP contribution is -2.34. The Morgan fingerprint density at radius 3 is 2.70 bits per heavy atom. The van der Waals surface area contributed by atoms with Crippen LogP contribution in [-0.2, 0) is 6.54 Å². The van der Waals surface area contributed by atoms with Gasteiger partial charge in [-0.2, -0.15) is 13.2 Å². The molecule has 0 aliphatic heterocycles. The zero-order valence-electron chi connectivity index (χ0n) is 11.0. The molecule has 2 N–H and O–H groups in total. The number of alkyl halides is 3. The van der Waals surface area contributed by atoms with Crippen molar-refractivity contribution in [1.29, 1.82) is 0 Å². The molecule has 0 spiro atoms. The molecule has 20 heavy (non-hydrogen) atoms. The van der Waals surface area contributed by atoms with E-state index in [-0.39, 0.29) is 29.9 Å². The maximum absolute atomic E-state index is 12.0. The maximum Gasteiger partial charge on any atom is 0.422 e. The van der Waals surface area contributed by atoms with E-state index in [1.165, 1.54) is 12.3 Å². The summed E-state index contributed by atoms with van der Waals surface area (Å²) < 4.78 is 40.6. The average molecular weight is 404 g/mol. The second kappa shape index (κ2) is 8.82. The third-order valence-electron chi connectivity index (χ3n) is 2.10. The van der Waals surface area contributed by atoms with Gasteiger partial charge < -0.3 is 15.4 Å². The van der Waals surface area contributed by atoms with Crippen molar-refractivity contribution in [2.45, 2.75) is 12.7 Å². The Balaban J connectivity index is 0.00000361. The summed E-state index contributed by atoms with van der Waals surface area (Å²) in [6.45, 7) is -0.951. The van der Waals surface area contributed by atoms with Crippen molar-refractivity contribution in [3.05, 3.63) is 23.9 Å². The standard InChI is InChI=1S/C11H15F3N4O.HI/c1-15-10(16-2)18-6-8-3-4-17-9(5-8)19-7-11(12,13)14;/h3-5H,6-7H2,1-2H3,(H2,15,16,18);1H. The van der Waals surface area contributed by atoms with Crippen LogP contribution in [0.25, 0.3) is 0 Å². The second-order valence-corrected chi connectivity index (χ2v) is 3.58. The zero-order chi connectivity index (χ0) is 14.3. The summed E-state index contributed by atoms with van der Waals surface area (Å²) in [4.78, 5) is 7.63. The molecule has 1 rings (SSSR count). The summed E-state index contributed by atoms with van der Waals surface area (Å²) >= 11 is 0. The largest absolute Gasteiger partial charge is 0.468 e. The van der Waals surface area contributed by atoms with Crippen molar-refractivity contribution >= 4 is 29.9 Å². The van der Waals surface area contributed by atoms with Crippen molar-refractivity contribution in [2.75, 3.05) is 20.7 Å². The lowest BCUT2D eigenvalue weighted by molar-refractivity contribution is -0.154. The lowest BCUT2D eigenvalue weighted by Gasteiger charge is -2.11. The normalized spacial score (nSPS) is 11.6. The molecule has 0 fully saturated rings. The van der Waals surface area contributed by atoms with Gasteiger partial charge in [-0.05, 0) is 11.6 Å². The Morgan fingerprint density at radius 1 is 1.45 bits per heavy atom. The molecule has 1 aromatic heterocycles. The van der Waals surface area contributed by atoms with Crippen LogP contribution in [0, 0.1) is 0 Å². The predicted octanol–water partition coefficient (Wildman–Crippen LogP) is 1.94. The number of aliphatic imine (C=N–C) groups is 1. The van der Waals surface area contributed by atoms with Gasteiger partial charge in [-0.1, -0.05) is 0 Å². The van der Waals surface area contributed by atoms with Crippen LogP contribution in [0.4, 0.5) is 13.2 Å². The highest BCUT2D eigenvalue weighted by Gasteiger charge is 2.28. The summed E-state index contributed by atoms with van der Waals surface area (Å²) in [6.07, 6.45) is -2.98. The molecule has 0 saturated heterocycles. The van der Waals surface area contributed by atoms with Crippen LogP contribution in [0.15, 0.2) is 23.3 Å². The van der Waals surface area contributed by atoms with Crippen LogP contribution in [0.1, 0.15) is 5.56 Å². The van der Waals surface area contributed by atoms with E-state index < -0.39 is 12.8 Å². The van der Waals surface area contributed by atoms with E-state index in [4.69, 9.17) is 0 Å². The van der Waals surface area contributed by atoms with Gasteiger partial charge in [0, 0.05) is 32.9 Å². The molecule has 0 radical (unpaired) electrons. The molecule has 0 aliphatic carbocycles. The molecule has 0 atom stereocenters. The topological polar surface area (TPSA) is 58.5 Å². The Labute approximate surface area is 132 Å². The van der Waals surface area contributed by atoms with Gasteiger partial charge in [0.2, 0.25) is 5.88 Å². The summed E-state index contributed by atoms with van der Waals surface area (Å²) in [6, 6.07) is 3.12. The summed E-state index contributed by atoms with van der Waals surface area (Å²) in [5, 5.41) is 5.79. The van der Waals surface area contributed by atoms with E-state index in [0.29, 0.717) is 12.5 Å². The van der Waals surface area contributed by atoms with Gasteiger partial charge in [-0.15, -0.1) is 24.0 Å². The fourth-order valence-corrected chi connectivity index (χ4v) is 1.26. The smallest absolute Gasteiger partial charge is 0.422 e. The van der Waals surface area contributed by atoms with E-state index in [1.54, 1.807) is 20.2 Å². The number of pyridine rings is 1. The maximum atomic E-state index is 12.0. The molecule has 0 amide bonds. The fourth-order valence-electron chi connectivity index (χ4n) is 1.26. The molecule has 1 heterocycles. The number of nitrogens with zero attached hydrogens (tertiary/aromatic N) is 2. The minimum Gasteiger partial charge on any atom is -0.468 e. The quantitative estimate of drug-likeness (QED) is 0.458. The van der Waals surface area contributed by atoms with Crippen LogP contribution in [-0.4, -0.2) is 37.8 Å². The highest BCUT2D eigenvalue weighted by molar-refractivity contribution is 14.0. The van der Waals surface area contributed by atoms with E-state index in [0.717, 1.165) is 5.56 Å². The molecule has 0 bridgehead atoms. The number of halogens is 4. The number of guanidine groups is 1. The van der Waals surface area contributed by atoms with Crippen molar-refractivity contribution in [3.63, 3.8) is 0 Å². The minimum absolute atomic E-state index is 0. The van der Waals surface area contributed by atoms with E-state index >= 15 is 0 Å². The highest BCUT2D eigenvalue weighted by Crippen LogP contribution is 2.17. The van der Waals surface area contributed by atoms with E-state index in [1.807, 2.05) is 0 Å². The van der Waals surface area contributed by atoms with Crippen molar-refractivity contribution in [3.8, 4) is 5.88 Å². The summed E-state index contributed by atoms with van der Waals surface area (Å²) in [7, 11) is 3.32. The first-order valence-corrected chi connectivity index (χ1v) is 5.47. The van der Waals surface area contributed by atoms with Gasteiger partial charge in [0.25, 0.3) is 0 Å². The number of hydrogen-bond donors (Lipinski definition) is 2. The van der Waals surface area contributed by atoms with Crippen LogP contribution >= 0.6 is 24.0 Å². The number of ether oxygens (including phenoxy) is 1. The molecular weight excluding hydrogens is 388 g/mol. The van der Waals surface area contributed by atoms with Gasteiger partial charge in [0.15, 0.2) is 12.6 Å². The Morgan fingerprint density at radius 2 is 2.15 bits per heavy atom. The Kier molecular flexibility index (Phi) is 8.26. The average Bonchev–Trinajstić information content (AvgIpc) is 2.37. The van der Waals surface area contributed by atoms with Crippen LogP contribution in [0.3, 0.4) is 0 Å². The van der Waals surface area contributed by atoms with Gasteiger partial charge in [0.05, 0.1) is 0 Å². The first-order chi connectivity index (χ1) is 8.94. The molecule has 9 heteroatoms. The molecule has 0 saturated carbocycles. The minimum atomic E-state index is -4.37. The second-order valence-electron chi connectivity index (χ2n) is 3.58. The first-order valence-electron chi connectivity index (χ1n) is 5.47. The zero-order valence-corrected chi connectivity index (χ0v) is 13.3. The Bertz CT molecular complexity index is 440. The van der Waals surface area contributed by atoms with Gasteiger partial charge in [-0.25, -0.2) is 4.98 Å². The summed E-state index contributed by atoms with van der Waals surface area (Å²) in [5.41, 5.74) is 0.739. The molecule has 5 nitrogen and oxygen atoms in total. The number of rotatable bonds is 4. The van der Waals surface area contributed by atoms with Crippen molar-refractivity contribution in [2.24, 2.45) is 4.99 Å². The SMILES string of the molecule is CN=C(NC)NCc1ccnc(OCC(F)(F)F)c1.I. The highest BCUT2D eigenvalue weighted by atomic mass is 127. The van der Waals surface area contributed by atoms with Crippen LogP contribution in [0.5, 0.6) is 5.88 Å².